The average molecular weight is 269 g/mol. The van der Waals surface area contributed by atoms with Crippen LogP contribution < -0.4 is 4.74 Å². The average Bonchev–Trinajstić information content (AvgIpc) is 2.47. The van der Waals surface area contributed by atoms with Gasteiger partial charge in [0.2, 0.25) is 11.6 Å². The maximum atomic E-state index is 10.7. The van der Waals surface area contributed by atoms with Gasteiger partial charge in [-0.1, -0.05) is 12.1 Å². The van der Waals surface area contributed by atoms with Gasteiger partial charge >= 0.3 is 5.69 Å². The van der Waals surface area contributed by atoms with Crippen LogP contribution in [-0.2, 0) is 0 Å². The first kappa shape index (κ1) is 13.2. The van der Waals surface area contributed by atoms with Crippen LogP contribution in [0.1, 0.15) is 16.1 Å². The second-order valence-corrected chi connectivity index (χ2v) is 3.68. The highest BCUT2D eigenvalue weighted by atomic mass is 16.6. The molecule has 0 aliphatic carbocycles. The minimum Gasteiger partial charge on any atom is -0.439 e. The smallest absolute Gasteiger partial charge is 0.305 e. The van der Waals surface area contributed by atoms with Crippen LogP contribution in [-0.4, -0.2) is 16.2 Å². The largest absolute Gasteiger partial charge is 0.439 e. The number of hydrogen-bond donors (Lipinski definition) is 0. The summed E-state index contributed by atoms with van der Waals surface area (Å²) in [6.07, 6.45) is 0.664. The zero-order valence-corrected chi connectivity index (χ0v) is 10.0. The molecule has 98 valence electrons. The summed E-state index contributed by atoms with van der Waals surface area (Å²) < 4.78 is 5.35. The van der Waals surface area contributed by atoms with Crippen LogP contribution in [0.3, 0.4) is 0 Å². The van der Waals surface area contributed by atoms with Crippen molar-refractivity contribution >= 4 is 12.0 Å². The Morgan fingerprint density at radius 1 is 1.35 bits per heavy atom. The predicted molar refractivity (Wildman–Crippen MR) is 67.5 cm³/mol. The maximum absolute atomic E-state index is 10.7. The summed E-state index contributed by atoms with van der Waals surface area (Å²) in [7, 11) is 0. The minimum absolute atomic E-state index is 0.0372. The summed E-state index contributed by atoms with van der Waals surface area (Å²) in [5, 5.41) is 19.5. The third-order valence-corrected chi connectivity index (χ3v) is 2.37. The van der Waals surface area contributed by atoms with E-state index in [4.69, 9.17) is 10.00 Å². The number of hydrogen-bond acceptors (Lipinski definition) is 6. The SMILES string of the molecule is N#Cc1nc(Oc2cccc(C=O)c2)ccc1[N+](=O)[O-]. The third-order valence-electron chi connectivity index (χ3n) is 2.37. The number of aromatic nitrogens is 1. The lowest BCUT2D eigenvalue weighted by molar-refractivity contribution is -0.385. The number of nitriles is 1. The first-order valence-electron chi connectivity index (χ1n) is 5.42. The Hall–Kier alpha value is -3.27. The Morgan fingerprint density at radius 2 is 2.15 bits per heavy atom. The fourth-order valence-electron chi connectivity index (χ4n) is 1.49. The van der Waals surface area contributed by atoms with E-state index >= 15 is 0 Å². The van der Waals surface area contributed by atoms with Gasteiger partial charge in [0.05, 0.1) is 4.92 Å². The van der Waals surface area contributed by atoms with E-state index in [9.17, 15) is 14.9 Å². The quantitative estimate of drug-likeness (QED) is 0.479. The molecule has 2 aromatic rings. The van der Waals surface area contributed by atoms with Crippen LogP contribution in [0.4, 0.5) is 5.69 Å². The lowest BCUT2D eigenvalue weighted by atomic mass is 10.2. The molecule has 0 unspecified atom stereocenters. The van der Waals surface area contributed by atoms with Gasteiger partial charge < -0.3 is 4.74 Å². The molecule has 1 heterocycles. The summed E-state index contributed by atoms with van der Waals surface area (Å²) >= 11 is 0. The maximum Gasteiger partial charge on any atom is 0.305 e. The molecule has 0 saturated heterocycles. The number of pyridine rings is 1. The minimum atomic E-state index is -0.692. The van der Waals surface area contributed by atoms with Crippen molar-refractivity contribution in [1.29, 1.82) is 5.26 Å². The van der Waals surface area contributed by atoms with Crippen molar-refractivity contribution in [3.8, 4) is 17.7 Å². The number of ether oxygens (including phenoxy) is 1. The number of benzene rings is 1. The molecule has 1 aromatic heterocycles. The van der Waals surface area contributed by atoms with Crippen LogP contribution in [0.25, 0.3) is 0 Å². The summed E-state index contributed by atoms with van der Waals surface area (Å²) in [6.45, 7) is 0. The van der Waals surface area contributed by atoms with Gasteiger partial charge in [0.15, 0.2) is 0 Å². The summed E-state index contributed by atoms with van der Waals surface area (Å²) in [4.78, 5) is 24.4. The summed E-state index contributed by atoms with van der Waals surface area (Å²) in [6, 6.07) is 10.4. The summed E-state index contributed by atoms with van der Waals surface area (Å²) in [5.41, 5.74) is -0.301. The fourth-order valence-corrected chi connectivity index (χ4v) is 1.49. The molecule has 0 aliphatic rings. The van der Waals surface area contributed by atoms with E-state index in [0.717, 1.165) is 6.07 Å². The molecule has 20 heavy (non-hydrogen) atoms. The van der Waals surface area contributed by atoms with Crippen LogP contribution in [0.2, 0.25) is 0 Å². The highest BCUT2D eigenvalue weighted by Crippen LogP contribution is 2.24. The molecule has 0 amide bonds. The van der Waals surface area contributed by atoms with Crippen LogP contribution in [0.5, 0.6) is 11.6 Å². The van der Waals surface area contributed by atoms with E-state index in [1.54, 1.807) is 24.3 Å². The van der Waals surface area contributed by atoms with Crippen molar-refractivity contribution in [3.63, 3.8) is 0 Å². The predicted octanol–water partition coefficient (Wildman–Crippen LogP) is 2.47. The van der Waals surface area contributed by atoms with E-state index in [1.165, 1.54) is 12.1 Å². The van der Waals surface area contributed by atoms with Crippen molar-refractivity contribution in [3.05, 3.63) is 57.8 Å². The molecule has 2 rings (SSSR count). The molecule has 7 nitrogen and oxygen atoms in total. The normalized spacial score (nSPS) is 9.55. The van der Waals surface area contributed by atoms with E-state index in [2.05, 4.69) is 4.98 Å². The Morgan fingerprint density at radius 3 is 2.80 bits per heavy atom. The zero-order chi connectivity index (χ0) is 14.5. The number of carbonyl (C=O) groups excluding carboxylic acids is 1. The van der Waals surface area contributed by atoms with Crippen molar-refractivity contribution in [2.45, 2.75) is 0 Å². The van der Waals surface area contributed by atoms with Gasteiger partial charge in [0.1, 0.15) is 18.1 Å². The van der Waals surface area contributed by atoms with Crippen LogP contribution >= 0.6 is 0 Å². The van der Waals surface area contributed by atoms with Crippen molar-refractivity contribution in [2.75, 3.05) is 0 Å². The van der Waals surface area contributed by atoms with Gasteiger partial charge in [-0.05, 0) is 12.1 Å². The molecule has 0 radical (unpaired) electrons. The van der Waals surface area contributed by atoms with Gasteiger partial charge in [-0.3, -0.25) is 14.9 Å². The molecule has 0 fully saturated rings. The zero-order valence-electron chi connectivity index (χ0n) is 10.0. The number of rotatable bonds is 4. The molecule has 0 bridgehead atoms. The summed E-state index contributed by atoms with van der Waals surface area (Å²) in [5.74, 6) is 0.384. The van der Waals surface area contributed by atoms with Gasteiger partial charge in [-0.2, -0.15) is 10.2 Å². The van der Waals surface area contributed by atoms with E-state index in [-0.39, 0.29) is 17.3 Å². The standard InChI is InChI=1S/C13H7N3O4/c14-7-11-12(16(18)19)4-5-13(15-11)20-10-3-1-2-9(6-10)8-17/h1-6,8H. The Kier molecular flexibility index (Phi) is 3.67. The molecule has 0 atom stereocenters. The van der Waals surface area contributed by atoms with E-state index in [0.29, 0.717) is 17.6 Å². The number of carbonyl (C=O) groups is 1. The monoisotopic (exact) mass is 269 g/mol. The topological polar surface area (TPSA) is 106 Å². The Balaban J connectivity index is 2.32. The molecule has 0 aliphatic heterocycles. The molecular formula is C13H7N3O4. The molecule has 7 heteroatoms. The number of nitrogens with zero attached hydrogens (tertiary/aromatic N) is 3. The van der Waals surface area contributed by atoms with E-state index < -0.39 is 4.92 Å². The second-order valence-electron chi connectivity index (χ2n) is 3.68. The lowest BCUT2D eigenvalue weighted by Gasteiger charge is -2.05. The Labute approximate surface area is 113 Å². The second kappa shape index (κ2) is 5.58. The molecular weight excluding hydrogens is 262 g/mol. The number of aldehydes is 1. The third kappa shape index (κ3) is 2.76. The van der Waals surface area contributed by atoms with Gasteiger partial charge in [0, 0.05) is 17.7 Å². The van der Waals surface area contributed by atoms with Gasteiger partial charge in [-0.15, -0.1) is 0 Å². The van der Waals surface area contributed by atoms with Crippen molar-refractivity contribution in [2.24, 2.45) is 0 Å². The lowest BCUT2D eigenvalue weighted by Crippen LogP contribution is -1.97. The first-order chi connectivity index (χ1) is 9.63. The molecule has 0 N–H and O–H groups in total. The van der Waals surface area contributed by atoms with Crippen LogP contribution in [0, 0.1) is 21.4 Å². The van der Waals surface area contributed by atoms with Gasteiger partial charge in [0.25, 0.3) is 0 Å². The highest BCUT2D eigenvalue weighted by Gasteiger charge is 2.16. The first-order valence-corrected chi connectivity index (χ1v) is 5.42. The molecule has 0 saturated carbocycles. The van der Waals surface area contributed by atoms with Gasteiger partial charge in [-0.25, -0.2) is 0 Å². The number of nitro groups is 1. The molecule has 0 spiro atoms. The Bertz CT molecular complexity index is 722. The fraction of sp³-hybridized carbons (Fsp3) is 0. The highest BCUT2D eigenvalue weighted by molar-refractivity contribution is 5.75. The van der Waals surface area contributed by atoms with Crippen molar-refractivity contribution in [1.82, 2.24) is 4.98 Å². The van der Waals surface area contributed by atoms with Crippen molar-refractivity contribution < 1.29 is 14.5 Å². The molecule has 1 aromatic carbocycles. The van der Waals surface area contributed by atoms with Crippen LogP contribution in [0.15, 0.2) is 36.4 Å². The van der Waals surface area contributed by atoms with E-state index in [1.807, 2.05) is 0 Å².